The van der Waals surface area contributed by atoms with Crippen LogP contribution >= 0.6 is 12.8 Å². The van der Waals surface area contributed by atoms with Crippen LogP contribution < -0.4 is 0 Å². The quantitative estimate of drug-likeness (QED) is 0.586. The fraction of sp³-hybridized carbons (Fsp3) is 1.00. The Hall–Kier alpha value is 0.310. The molecule has 0 bridgehead atoms. The van der Waals surface area contributed by atoms with E-state index in [1.807, 2.05) is 11.4 Å². The zero-order valence-corrected chi connectivity index (χ0v) is 7.70. The van der Waals surface area contributed by atoms with Gasteiger partial charge in [0.1, 0.15) is 0 Å². The summed E-state index contributed by atoms with van der Waals surface area (Å²) in [6.07, 6.45) is 1.20. The van der Waals surface area contributed by atoms with E-state index in [9.17, 15) is 0 Å². The molecule has 0 saturated heterocycles. The number of hydrogen-bond acceptors (Lipinski definition) is 2. The standard InChI is InChI=1S/C7H17NS/c1-7(2,3)5-6-8(4)9/h9H,5-6H2,1-4H3. The second-order valence-corrected chi connectivity index (χ2v) is 4.37. The molecule has 56 valence electrons. The van der Waals surface area contributed by atoms with Gasteiger partial charge < -0.3 is 0 Å². The summed E-state index contributed by atoms with van der Waals surface area (Å²) >= 11 is 4.14. The maximum absolute atomic E-state index is 4.14. The first kappa shape index (κ1) is 9.31. The summed E-state index contributed by atoms with van der Waals surface area (Å²) in [5.74, 6) is 0. The molecule has 0 aliphatic heterocycles. The van der Waals surface area contributed by atoms with Crippen LogP contribution in [0.5, 0.6) is 0 Å². The number of nitrogens with zero attached hydrogens (tertiary/aromatic N) is 1. The zero-order valence-electron chi connectivity index (χ0n) is 6.81. The van der Waals surface area contributed by atoms with Gasteiger partial charge in [-0.1, -0.05) is 33.6 Å². The maximum Gasteiger partial charge on any atom is 0.00888 e. The number of hydrogen-bond donors (Lipinski definition) is 1. The molecule has 0 saturated carbocycles. The molecule has 1 nitrogen and oxygen atoms in total. The molecule has 0 aromatic heterocycles. The van der Waals surface area contributed by atoms with Crippen molar-refractivity contribution >= 4 is 12.8 Å². The minimum absolute atomic E-state index is 0.441. The van der Waals surface area contributed by atoms with Gasteiger partial charge in [-0.05, 0) is 18.9 Å². The number of thiol groups is 1. The molecule has 9 heavy (non-hydrogen) atoms. The molecule has 2 heteroatoms. The fourth-order valence-electron chi connectivity index (χ4n) is 0.497. The van der Waals surface area contributed by atoms with Gasteiger partial charge in [0, 0.05) is 6.54 Å². The van der Waals surface area contributed by atoms with Crippen molar-refractivity contribution in [1.82, 2.24) is 4.31 Å². The minimum Gasteiger partial charge on any atom is -0.256 e. The lowest BCUT2D eigenvalue weighted by molar-refractivity contribution is 0.343. The predicted octanol–water partition coefficient (Wildman–Crippen LogP) is 2.20. The van der Waals surface area contributed by atoms with Crippen molar-refractivity contribution in [2.75, 3.05) is 13.6 Å². The molecule has 0 fully saturated rings. The Balaban J connectivity index is 3.28. The third-order valence-electron chi connectivity index (χ3n) is 1.19. The van der Waals surface area contributed by atoms with Gasteiger partial charge in [0.2, 0.25) is 0 Å². The highest BCUT2D eigenvalue weighted by molar-refractivity contribution is 7.77. The average Bonchev–Trinajstić information content (AvgIpc) is 1.59. The summed E-state index contributed by atoms with van der Waals surface area (Å²) in [6, 6.07) is 0. The van der Waals surface area contributed by atoms with Gasteiger partial charge in [0.25, 0.3) is 0 Å². The van der Waals surface area contributed by atoms with Crippen molar-refractivity contribution in [2.45, 2.75) is 27.2 Å². The van der Waals surface area contributed by atoms with E-state index in [2.05, 4.69) is 33.6 Å². The van der Waals surface area contributed by atoms with E-state index in [4.69, 9.17) is 0 Å². The molecule has 0 aliphatic rings. The number of rotatable bonds is 2. The Morgan fingerprint density at radius 1 is 1.33 bits per heavy atom. The topological polar surface area (TPSA) is 3.24 Å². The second kappa shape index (κ2) is 3.47. The van der Waals surface area contributed by atoms with Gasteiger partial charge in [0.05, 0.1) is 0 Å². The van der Waals surface area contributed by atoms with Crippen LogP contribution in [0.25, 0.3) is 0 Å². The summed E-state index contributed by atoms with van der Waals surface area (Å²) in [5, 5.41) is 0. The third-order valence-corrected chi connectivity index (χ3v) is 1.39. The second-order valence-electron chi connectivity index (χ2n) is 3.69. The highest BCUT2D eigenvalue weighted by Crippen LogP contribution is 2.18. The molecule has 0 aliphatic carbocycles. The molecule has 0 amide bonds. The average molecular weight is 147 g/mol. The lowest BCUT2D eigenvalue weighted by Gasteiger charge is -2.19. The van der Waals surface area contributed by atoms with Gasteiger partial charge in [0.15, 0.2) is 0 Å². The fourth-order valence-corrected chi connectivity index (χ4v) is 0.597. The zero-order chi connectivity index (χ0) is 7.49. The molecule has 0 heterocycles. The Morgan fingerprint density at radius 3 is 1.89 bits per heavy atom. The molecule has 0 radical (unpaired) electrons. The largest absolute Gasteiger partial charge is 0.256 e. The first-order valence-corrected chi connectivity index (χ1v) is 3.72. The Labute approximate surface area is 64.0 Å². The summed E-state index contributed by atoms with van der Waals surface area (Å²) < 4.78 is 1.92. The third kappa shape index (κ3) is 8.31. The van der Waals surface area contributed by atoms with E-state index in [1.165, 1.54) is 6.42 Å². The van der Waals surface area contributed by atoms with Crippen LogP contribution in [0.15, 0.2) is 0 Å². The highest BCUT2D eigenvalue weighted by atomic mass is 32.1. The van der Waals surface area contributed by atoms with Gasteiger partial charge in [-0.3, -0.25) is 4.31 Å². The van der Waals surface area contributed by atoms with Gasteiger partial charge in [-0.15, -0.1) is 0 Å². The van der Waals surface area contributed by atoms with Crippen LogP contribution in [0.2, 0.25) is 0 Å². The van der Waals surface area contributed by atoms with Crippen LogP contribution in [-0.2, 0) is 0 Å². The van der Waals surface area contributed by atoms with Crippen molar-refractivity contribution in [3.8, 4) is 0 Å². The van der Waals surface area contributed by atoms with E-state index in [0.29, 0.717) is 5.41 Å². The van der Waals surface area contributed by atoms with Crippen molar-refractivity contribution in [1.29, 1.82) is 0 Å². The molecule has 0 rings (SSSR count). The van der Waals surface area contributed by atoms with Gasteiger partial charge >= 0.3 is 0 Å². The Kier molecular flexibility index (Phi) is 3.59. The lowest BCUT2D eigenvalue weighted by Crippen LogP contribution is -2.15. The summed E-state index contributed by atoms with van der Waals surface area (Å²) in [7, 11) is 1.98. The normalized spacial score (nSPS) is 12.7. The molecule has 0 spiro atoms. The van der Waals surface area contributed by atoms with E-state index in [0.717, 1.165) is 6.54 Å². The molecule has 0 N–H and O–H groups in total. The Bertz CT molecular complexity index is 73.5. The van der Waals surface area contributed by atoms with Crippen molar-refractivity contribution in [2.24, 2.45) is 5.41 Å². The summed E-state index contributed by atoms with van der Waals surface area (Å²) in [6.45, 7) is 7.78. The highest BCUT2D eigenvalue weighted by Gasteiger charge is 2.09. The monoisotopic (exact) mass is 147 g/mol. The van der Waals surface area contributed by atoms with Crippen LogP contribution in [0, 0.1) is 5.41 Å². The van der Waals surface area contributed by atoms with E-state index in [-0.39, 0.29) is 0 Å². The van der Waals surface area contributed by atoms with E-state index >= 15 is 0 Å². The predicted molar refractivity (Wildman–Crippen MR) is 45.7 cm³/mol. The SMILES string of the molecule is CN(S)CCC(C)(C)C. The van der Waals surface area contributed by atoms with Crippen molar-refractivity contribution in [3.05, 3.63) is 0 Å². The lowest BCUT2D eigenvalue weighted by atomic mass is 9.92. The van der Waals surface area contributed by atoms with E-state index in [1.54, 1.807) is 0 Å². The first-order chi connectivity index (χ1) is 3.92. The van der Waals surface area contributed by atoms with Crippen molar-refractivity contribution in [3.63, 3.8) is 0 Å². The first-order valence-electron chi connectivity index (χ1n) is 3.32. The maximum atomic E-state index is 4.14. The van der Waals surface area contributed by atoms with Crippen LogP contribution in [0.3, 0.4) is 0 Å². The minimum atomic E-state index is 0.441. The molecule has 0 aromatic rings. The summed E-state index contributed by atoms with van der Waals surface area (Å²) in [4.78, 5) is 0. The summed E-state index contributed by atoms with van der Waals surface area (Å²) in [5.41, 5.74) is 0.441. The van der Waals surface area contributed by atoms with Crippen LogP contribution in [0.1, 0.15) is 27.2 Å². The van der Waals surface area contributed by atoms with Crippen LogP contribution in [-0.4, -0.2) is 17.9 Å². The van der Waals surface area contributed by atoms with E-state index < -0.39 is 0 Å². The molecular formula is C7H17NS. The smallest absolute Gasteiger partial charge is 0.00888 e. The van der Waals surface area contributed by atoms with Gasteiger partial charge in [-0.25, -0.2) is 0 Å². The molecule has 0 unspecified atom stereocenters. The van der Waals surface area contributed by atoms with Crippen molar-refractivity contribution < 1.29 is 0 Å². The molecule has 0 aromatic carbocycles. The van der Waals surface area contributed by atoms with Crippen LogP contribution in [0.4, 0.5) is 0 Å². The molecule has 0 atom stereocenters. The molecular weight excluding hydrogens is 130 g/mol. The van der Waals surface area contributed by atoms with Gasteiger partial charge in [-0.2, -0.15) is 0 Å². The Morgan fingerprint density at radius 2 is 1.78 bits per heavy atom.